The lowest BCUT2D eigenvalue weighted by Gasteiger charge is -2.20. The second-order valence-corrected chi connectivity index (χ2v) is 6.13. The van der Waals surface area contributed by atoms with Crippen LogP contribution >= 0.6 is 11.6 Å². The van der Waals surface area contributed by atoms with Crippen LogP contribution in [0.15, 0.2) is 42.5 Å². The van der Waals surface area contributed by atoms with Crippen LogP contribution in [0.3, 0.4) is 0 Å². The Labute approximate surface area is 157 Å². The average molecular weight is 374 g/mol. The number of methoxy groups -OCH3 is 1. The van der Waals surface area contributed by atoms with Gasteiger partial charge < -0.3 is 19.5 Å². The average Bonchev–Trinajstić information content (AvgIpc) is 2.66. The lowest BCUT2D eigenvalue weighted by Crippen LogP contribution is -2.23. The second-order valence-electron chi connectivity index (χ2n) is 5.72. The van der Waals surface area contributed by atoms with Crippen molar-refractivity contribution < 1.29 is 19.0 Å². The van der Waals surface area contributed by atoms with Crippen molar-refractivity contribution in [1.82, 2.24) is 5.32 Å². The highest BCUT2D eigenvalue weighted by Gasteiger charge is 2.16. The molecule has 1 amide bonds. The summed E-state index contributed by atoms with van der Waals surface area (Å²) in [6.07, 6.45) is 3.87. The Morgan fingerprint density at radius 3 is 2.92 bits per heavy atom. The molecule has 0 unspecified atom stereocenters. The third-order valence-corrected chi connectivity index (χ3v) is 4.20. The maximum Gasteiger partial charge on any atom is 0.244 e. The molecule has 1 aliphatic heterocycles. The first-order chi connectivity index (χ1) is 12.7. The number of hydrogen-bond acceptors (Lipinski definition) is 4. The number of carbonyl (C=O) groups is 1. The molecule has 1 heterocycles. The predicted molar refractivity (Wildman–Crippen MR) is 101 cm³/mol. The summed E-state index contributed by atoms with van der Waals surface area (Å²) in [6, 6.07) is 11.3. The van der Waals surface area contributed by atoms with Gasteiger partial charge in [0, 0.05) is 18.2 Å². The number of benzene rings is 2. The summed E-state index contributed by atoms with van der Waals surface area (Å²) < 4.78 is 16.3. The fraction of sp³-hybridized carbons (Fsp3) is 0.250. The zero-order valence-corrected chi connectivity index (χ0v) is 15.2. The summed E-state index contributed by atoms with van der Waals surface area (Å²) in [6.45, 7) is 1.50. The fourth-order valence-electron chi connectivity index (χ4n) is 2.67. The van der Waals surface area contributed by atoms with E-state index in [2.05, 4.69) is 5.32 Å². The van der Waals surface area contributed by atoms with Crippen LogP contribution in [-0.4, -0.2) is 32.8 Å². The summed E-state index contributed by atoms with van der Waals surface area (Å²) in [7, 11) is 1.60. The van der Waals surface area contributed by atoms with Crippen LogP contribution in [0.1, 0.15) is 11.1 Å². The van der Waals surface area contributed by atoms with Gasteiger partial charge >= 0.3 is 0 Å². The molecule has 0 atom stereocenters. The molecule has 136 valence electrons. The molecule has 2 aromatic carbocycles. The molecule has 0 aliphatic carbocycles. The topological polar surface area (TPSA) is 56.8 Å². The number of amides is 1. The van der Waals surface area contributed by atoms with Gasteiger partial charge in [0.1, 0.15) is 19.0 Å². The van der Waals surface area contributed by atoms with Gasteiger partial charge in [0.15, 0.2) is 11.5 Å². The molecule has 0 aromatic heterocycles. The number of ether oxygens (including phenoxy) is 3. The molecule has 5 nitrogen and oxygen atoms in total. The molecule has 0 radical (unpaired) electrons. The Morgan fingerprint density at radius 1 is 1.27 bits per heavy atom. The zero-order chi connectivity index (χ0) is 18.4. The highest BCUT2D eigenvalue weighted by molar-refractivity contribution is 6.32. The number of carbonyl (C=O) groups excluding carboxylic acids is 1. The first kappa shape index (κ1) is 18.1. The van der Waals surface area contributed by atoms with Gasteiger partial charge in [-0.1, -0.05) is 29.8 Å². The van der Waals surface area contributed by atoms with Crippen LogP contribution in [0.2, 0.25) is 5.02 Å². The Morgan fingerprint density at radius 2 is 2.08 bits per heavy atom. The van der Waals surface area contributed by atoms with Crippen molar-refractivity contribution in [2.75, 3.05) is 26.9 Å². The summed E-state index contributed by atoms with van der Waals surface area (Å²) in [5, 5.41) is 3.38. The summed E-state index contributed by atoms with van der Waals surface area (Å²) in [5.74, 6) is 1.80. The van der Waals surface area contributed by atoms with Crippen LogP contribution in [0.4, 0.5) is 0 Å². The van der Waals surface area contributed by atoms with Gasteiger partial charge in [-0.2, -0.15) is 0 Å². The highest BCUT2D eigenvalue weighted by atomic mass is 35.5. The maximum absolute atomic E-state index is 12.0. The molecular weight excluding hydrogens is 354 g/mol. The maximum atomic E-state index is 12.0. The minimum atomic E-state index is -0.167. The first-order valence-electron chi connectivity index (χ1n) is 8.34. The number of para-hydroxylation sites is 1. The quantitative estimate of drug-likeness (QED) is 0.787. The number of halogens is 1. The number of fused-ring (bicyclic) bond motifs is 1. The lowest BCUT2D eigenvalue weighted by molar-refractivity contribution is -0.116. The molecule has 2 aromatic rings. The van der Waals surface area contributed by atoms with Crippen molar-refractivity contribution in [2.45, 2.75) is 6.42 Å². The van der Waals surface area contributed by atoms with Gasteiger partial charge in [-0.3, -0.25) is 4.79 Å². The largest absolute Gasteiger partial charge is 0.496 e. The Hall–Kier alpha value is -2.66. The van der Waals surface area contributed by atoms with Gasteiger partial charge in [0.25, 0.3) is 0 Å². The predicted octanol–water partition coefficient (Wildman–Crippen LogP) is 3.49. The van der Waals surface area contributed by atoms with Gasteiger partial charge in [0.2, 0.25) is 5.91 Å². The van der Waals surface area contributed by atoms with Gasteiger partial charge in [-0.15, -0.1) is 0 Å². The summed E-state index contributed by atoms with van der Waals surface area (Å²) >= 11 is 6.22. The van der Waals surface area contributed by atoms with Crippen LogP contribution < -0.4 is 19.5 Å². The number of rotatable bonds is 6. The van der Waals surface area contributed by atoms with E-state index in [0.717, 1.165) is 16.9 Å². The molecular formula is C20H20ClNO4. The number of nitrogens with one attached hydrogen (secondary N) is 1. The molecule has 3 rings (SSSR count). The molecule has 1 aliphatic rings. The van der Waals surface area contributed by atoms with Gasteiger partial charge in [-0.25, -0.2) is 0 Å². The molecule has 1 N–H and O–H groups in total. The van der Waals surface area contributed by atoms with Gasteiger partial charge in [-0.05, 0) is 36.3 Å². The molecule has 0 fully saturated rings. The second kappa shape index (κ2) is 8.63. The van der Waals surface area contributed by atoms with Crippen LogP contribution in [0.25, 0.3) is 6.08 Å². The molecule has 6 heteroatoms. The summed E-state index contributed by atoms with van der Waals surface area (Å²) in [4.78, 5) is 12.0. The van der Waals surface area contributed by atoms with Gasteiger partial charge in [0.05, 0.1) is 12.1 Å². The lowest BCUT2D eigenvalue weighted by atomic mass is 10.1. The highest BCUT2D eigenvalue weighted by Crippen LogP contribution is 2.38. The van der Waals surface area contributed by atoms with E-state index in [0.29, 0.717) is 42.7 Å². The minimum absolute atomic E-state index is 0.167. The normalized spacial score (nSPS) is 12.8. The van der Waals surface area contributed by atoms with E-state index < -0.39 is 0 Å². The van der Waals surface area contributed by atoms with Crippen LogP contribution in [0.5, 0.6) is 17.2 Å². The van der Waals surface area contributed by atoms with E-state index in [1.807, 2.05) is 36.4 Å². The van der Waals surface area contributed by atoms with E-state index in [-0.39, 0.29) is 5.91 Å². The van der Waals surface area contributed by atoms with Crippen molar-refractivity contribution >= 4 is 23.6 Å². The minimum Gasteiger partial charge on any atom is -0.496 e. The van der Waals surface area contributed by atoms with Crippen LogP contribution in [-0.2, 0) is 11.2 Å². The molecule has 0 spiro atoms. The molecule has 0 saturated carbocycles. The Balaban J connectivity index is 1.54. The van der Waals surface area contributed by atoms with E-state index in [4.69, 9.17) is 25.8 Å². The monoisotopic (exact) mass is 373 g/mol. The fourth-order valence-corrected chi connectivity index (χ4v) is 2.95. The Bertz CT molecular complexity index is 819. The van der Waals surface area contributed by atoms with Crippen molar-refractivity contribution in [2.24, 2.45) is 0 Å². The molecule has 0 bridgehead atoms. The smallest absolute Gasteiger partial charge is 0.244 e. The van der Waals surface area contributed by atoms with Crippen LogP contribution in [0, 0.1) is 0 Å². The van der Waals surface area contributed by atoms with E-state index >= 15 is 0 Å². The standard InChI is InChI=1S/C20H20ClNO4/c1-24-17-5-3-2-4-15(17)6-7-19(23)22-9-8-14-12-16(21)20-18(13-14)25-10-11-26-20/h2-7,12-13H,8-11H2,1H3,(H,22,23)/b7-6+. The number of hydrogen-bond donors (Lipinski definition) is 1. The van der Waals surface area contributed by atoms with Crippen molar-refractivity contribution in [3.63, 3.8) is 0 Å². The van der Waals surface area contributed by atoms with Crippen molar-refractivity contribution in [1.29, 1.82) is 0 Å². The summed E-state index contributed by atoms with van der Waals surface area (Å²) in [5.41, 5.74) is 1.83. The van der Waals surface area contributed by atoms with E-state index in [1.54, 1.807) is 13.2 Å². The van der Waals surface area contributed by atoms with Crippen molar-refractivity contribution in [3.8, 4) is 17.2 Å². The first-order valence-corrected chi connectivity index (χ1v) is 8.72. The zero-order valence-electron chi connectivity index (χ0n) is 14.5. The van der Waals surface area contributed by atoms with E-state index in [1.165, 1.54) is 6.08 Å². The third kappa shape index (κ3) is 4.49. The SMILES string of the molecule is COc1ccccc1/C=C/C(=O)NCCc1cc(Cl)c2c(c1)OCCO2. The molecule has 0 saturated heterocycles. The van der Waals surface area contributed by atoms with E-state index in [9.17, 15) is 4.79 Å². The Kier molecular flexibility index (Phi) is 6.02. The molecule has 26 heavy (non-hydrogen) atoms. The third-order valence-electron chi connectivity index (χ3n) is 3.92. The van der Waals surface area contributed by atoms with Crippen molar-refractivity contribution in [3.05, 3.63) is 58.6 Å².